The maximum atomic E-state index is 12.7. The van der Waals surface area contributed by atoms with Gasteiger partial charge in [0.25, 0.3) is 5.91 Å². The van der Waals surface area contributed by atoms with Gasteiger partial charge in [-0.3, -0.25) is 14.2 Å². The second kappa shape index (κ2) is 7.00. The minimum absolute atomic E-state index is 0.0618. The minimum atomic E-state index is -0.0618. The van der Waals surface area contributed by atoms with Gasteiger partial charge in [-0.05, 0) is 24.6 Å². The van der Waals surface area contributed by atoms with Gasteiger partial charge in [-0.15, -0.1) is 0 Å². The van der Waals surface area contributed by atoms with E-state index in [-0.39, 0.29) is 5.91 Å². The van der Waals surface area contributed by atoms with E-state index in [9.17, 15) is 4.79 Å². The molecule has 0 aliphatic rings. The van der Waals surface area contributed by atoms with Gasteiger partial charge < -0.3 is 4.90 Å². The van der Waals surface area contributed by atoms with Gasteiger partial charge in [-0.1, -0.05) is 13.0 Å². The molecule has 0 bridgehead atoms. The SMILES string of the molecule is CCCN(CCc1ccccn1)C(=O)c1cn2cccnc2n1. The van der Waals surface area contributed by atoms with Crippen molar-refractivity contribution in [1.82, 2.24) is 24.3 Å². The molecule has 0 radical (unpaired) electrons. The number of nitrogens with zero attached hydrogens (tertiary/aromatic N) is 5. The summed E-state index contributed by atoms with van der Waals surface area (Å²) in [6.45, 7) is 3.39. The summed E-state index contributed by atoms with van der Waals surface area (Å²) in [4.78, 5) is 27.3. The average Bonchev–Trinajstić information content (AvgIpc) is 3.03. The molecule has 0 aliphatic carbocycles. The molecule has 118 valence electrons. The minimum Gasteiger partial charge on any atom is -0.337 e. The number of imidazole rings is 1. The van der Waals surface area contributed by atoms with Gasteiger partial charge in [0.1, 0.15) is 5.69 Å². The van der Waals surface area contributed by atoms with Gasteiger partial charge in [0, 0.05) is 50.0 Å². The molecule has 0 saturated carbocycles. The standard InChI is InChI=1S/C17H19N5O/c1-2-10-21(12-7-14-6-3-4-8-18-14)16(23)15-13-22-11-5-9-19-17(22)20-15/h3-6,8-9,11,13H,2,7,10,12H2,1H3. The number of hydrogen-bond acceptors (Lipinski definition) is 4. The molecule has 6 nitrogen and oxygen atoms in total. The van der Waals surface area contributed by atoms with E-state index >= 15 is 0 Å². The summed E-state index contributed by atoms with van der Waals surface area (Å²) < 4.78 is 1.76. The summed E-state index contributed by atoms with van der Waals surface area (Å²) >= 11 is 0. The Morgan fingerprint density at radius 2 is 2.04 bits per heavy atom. The number of aromatic nitrogens is 4. The van der Waals surface area contributed by atoms with E-state index < -0.39 is 0 Å². The van der Waals surface area contributed by atoms with Crippen LogP contribution in [0.3, 0.4) is 0 Å². The Labute approximate surface area is 134 Å². The molecule has 0 fully saturated rings. The van der Waals surface area contributed by atoms with E-state index in [4.69, 9.17) is 0 Å². The van der Waals surface area contributed by atoms with Crippen LogP contribution in [-0.2, 0) is 6.42 Å². The van der Waals surface area contributed by atoms with Crippen LogP contribution in [0.4, 0.5) is 0 Å². The lowest BCUT2D eigenvalue weighted by atomic mass is 10.2. The number of rotatable bonds is 6. The summed E-state index contributed by atoms with van der Waals surface area (Å²) in [7, 11) is 0. The highest BCUT2D eigenvalue weighted by Gasteiger charge is 2.18. The van der Waals surface area contributed by atoms with Gasteiger partial charge in [-0.2, -0.15) is 0 Å². The first kappa shape index (κ1) is 15.1. The van der Waals surface area contributed by atoms with Crippen LogP contribution in [0, 0.1) is 0 Å². The lowest BCUT2D eigenvalue weighted by Gasteiger charge is -2.20. The predicted octanol–water partition coefficient (Wildman–Crippen LogP) is 2.22. The summed E-state index contributed by atoms with van der Waals surface area (Å²) in [5, 5.41) is 0. The Hall–Kier alpha value is -2.76. The first-order valence-electron chi connectivity index (χ1n) is 7.77. The molecule has 0 unspecified atom stereocenters. The van der Waals surface area contributed by atoms with Crippen LogP contribution in [-0.4, -0.2) is 43.2 Å². The zero-order chi connectivity index (χ0) is 16.1. The zero-order valence-corrected chi connectivity index (χ0v) is 13.1. The molecule has 3 heterocycles. The zero-order valence-electron chi connectivity index (χ0n) is 13.1. The van der Waals surface area contributed by atoms with Crippen molar-refractivity contribution >= 4 is 11.7 Å². The van der Waals surface area contributed by atoms with E-state index in [0.717, 1.165) is 18.5 Å². The van der Waals surface area contributed by atoms with Gasteiger partial charge in [-0.25, -0.2) is 9.97 Å². The Bertz CT molecular complexity index is 751. The second-order valence-electron chi connectivity index (χ2n) is 5.32. The Morgan fingerprint density at radius 3 is 2.78 bits per heavy atom. The first-order valence-corrected chi connectivity index (χ1v) is 7.77. The largest absolute Gasteiger partial charge is 0.337 e. The summed E-state index contributed by atoms with van der Waals surface area (Å²) in [6, 6.07) is 7.64. The normalized spacial score (nSPS) is 10.8. The number of hydrogen-bond donors (Lipinski definition) is 0. The molecular weight excluding hydrogens is 290 g/mol. The van der Waals surface area contributed by atoms with Gasteiger partial charge in [0.05, 0.1) is 0 Å². The average molecular weight is 309 g/mol. The van der Waals surface area contributed by atoms with Crippen LogP contribution in [0.2, 0.25) is 0 Å². The van der Waals surface area contributed by atoms with Crippen LogP contribution in [0.5, 0.6) is 0 Å². The number of pyridine rings is 1. The first-order chi connectivity index (χ1) is 11.3. The smallest absolute Gasteiger partial charge is 0.274 e. The number of amides is 1. The van der Waals surface area contributed by atoms with Crippen molar-refractivity contribution in [3.63, 3.8) is 0 Å². The Kier molecular flexibility index (Phi) is 4.61. The van der Waals surface area contributed by atoms with E-state index in [1.54, 1.807) is 23.0 Å². The molecule has 1 amide bonds. The van der Waals surface area contributed by atoms with E-state index in [2.05, 4.69) is 21.9 Å². The molecule has 0 spiro atoms. The molecule has 3 rings (SSSR count). The molecule has 0 saturated heterocycles. The van der Waals surface area contributed by atoms with Crippen LogP contribution in [0.15, 0.2) is 49.1 Å². The fraction of sp³-hybridized carbons (Fsp3) is 0.294. The molecule has 0 aromatic carbocycles. The highest BCUT2D eigenvalue weighted by molar-refractivity contribution is 5.92. The van der Waals surface area contributed by atoms with E-state index in [1.165, 1.54) is 0 Å². The van der Waals surface area contributed by atoms with Crippen LogP contribution in [0.1, 0.15) is 29.5 Å². The quantitative estimate of drug-likeness (QED) is 0.700. The Morgan fingerprint density at radius 1 is 1.17 bits per heavy atom. The molecule has 3 aromatic rings. The molecule has 6 heteroatoms. The highest BCUT2D eigenvalue weighted by atomic mass is 16.2. The third-order valence-corrected chi connectivity index (χ3v) is 3.60. The predicted molar refractivity (Wildman–Crippen MR) is 87.1 cm³/mol. The number of carbonyl (C=O) groups is 1. The number of fused-ring (bicyclic) bond motifs is 1. The molecule has 0 atom stereocenters. The molecular formula is C17H19N5O. The Balaban J connectivity index is 1.75. The van der Waals surface area contributed by atoms with E-state index in [1.807, 2.05) is 35.4 Å². The van der Waals surface area contributed by atoms with Crippen LogP contribution < -0.4 is 0 Å². The lowest BCUT2D eigenvalue weighted by Crippen LogP contribution is -2.34. The summed E-state index contributed by atoms with van der Waals surface area (Å²) in [5.74, 6) is 0.477. The second-order valence-corrected chi connectivity index (χ2v) is 5.32. The number of carbonyl (C=O) groups excluding carboxylic acids is 1. The molecule has 23 heavy (non-hydrogen) atoms. The summed E-state index contributed by atoms with van der Waals surface area (Å²) in [6.07, 6.45) is 8.65. The van der Waals surface area contributed by atoms with Crippen molar-refractivity contribution in [2.45, 2.75) is 19.8 Å². The monoisotopic (exact) mass is 309 g/mol. The van der Waals surface area contributed by atoms with Gasteiger partial charge in [0.15, 0.2) is 0 Å². The third kappa shape index (κ3) is 3.53. The third-order valence-electron chi connectivity index (χ3n) is 3.60. The maximum absolute atomic E-state index is 12.7. The van der Waals surface area contributed by atoms with Crippen molar-refractivity contribution in [3.05, 3.63) is 60.4 Å². The van der Waals surface area contributed by atoms with Crippen LogP contribution >= 0.6 is 0 Å². The lowest BCUT2D eigenvalue weighted by molar-refractivity contribution is 0.0752. The molecule has 0 aliphatic heterocycles. The van der Waals surface area contributed by atoms with Gasteiger partial charge in [0.2, 0.25) is 5.78 Å². The van der Waals surface area contributed by atoms with E-state index in [0.29, 0.717) is 24.6 Å². The fourth-order valence-electron chi connectivity index (χ4n) is 2.48. The highest BCUT2D eigenvalue weighted by Crippen LogP contribution is 2.08. The van der Waals surface area contributed by atoms with Crippen molar-refractivity contribution in [2.24, 2.45) is 0 Å². The molecule has 3 aromatic heterocycles. The van der Waals surface area contributed by atoms with Gasteiger partial charge >= 0.3 is 0 Å². The van der Waals surface area contributed by atoms with Crippen molar-refractivity contribution < 1.29 is 4.79 Å². The topological polar surface area (TPSA) is 63.4 Å². The summed E-state index contributed by atoms with van der Waals surface area (Å²) in [5.41, 5.74) is 1.41. The maximum Gasteiger partial charge on any atom is 0.274 e. The van der Waals surface area contributed by atoms with Crippen molar-refractivity contribution in [3.8, 4) is 0 Å². The fourth-order valence-corrected chi connectivity index (χ4v) is 2.48. The van der Waals surface area contributed by atoms with Crippen LogP contribution in [0.25, 0.3) is 5.78 Å². The van der Waals surface area contributed by atoms with Crippen molar-refractivity contribution in [1.29, 1.82) is 0 Å². The van der Waals surface area contributed by atoms with Crippen molar-refractivity contribution in [2.75, 3.05) is 13.1 Å². The molecule has 0 N–H and O–H groups in total.